The van der Waals surface area contributed by atoms with Crippen LogP contribution in [0.25, 0.3) is 0 Å². The van der Waals surface area contributed by atoms with E-state index in [1.165, 1.54) is 4.88 Å². The summed E-state index contributed by atoms with van der Waals surface area (Å²) in [5.41, 5.74) is 1.04. The number of nitrogens with one attached hydrogen (secondary N) is 1. The molecule has 1 atom stereocenters. The Morgan fingerprint density at radius 1 is 1.53 bits per heavy atom. The number of aromatic nitrogens is 3. The molecule has 0 amide bonds. The van der Waals surface area contributed by atoms with Gasteiger partial charge in [0.05, 0.1) is 11.7 Å². The average molecular weight is 380 g/mol. The van der Waals surface area contributed by atoms with Gasteiger partial charge in [-0.15, -0.1) is 16.4 Å². The Labute approximate surface area is 121 Å². The van der Waals surface area contributed by atoms with Crippen molar-refractivity contribution in [3.63, 3.8) is 0 Å². The largest absolute Gasteiger partial charge is 0.304 e. The van der Waals surface area contributed by atoms with E-state index in [1.807, 2.05) is 7.05 Å². The molecule has 0 aliphatic rings. The lowest BCUT2D eigenvalue weighted by Crippen LogP contribution is -2.24. The van der Waals surface area contributed by atoms with Crippen molar-refractivity contribution in [2.24, 2.45) is 7.05 Å². The fourth-order valence-electron chi connectivity index (χ4n) is 1.67. The SMILES string of the molecule is CCNC(c1sccc1Br)c1c(Br)nnn1C. The van der Waals surface area contributed by atoms with E-state index in [9.17, 15) is 0 Å². The van der Waals surface area contributed by atoms with Gasteiger partial charge in [-0.05, 0) is 49.9 Å². The third-order valence-corrected chi connectivity index (χ3v) is 4.92. The molecule has 0 aromatic carbocycles. The van der Waals surface area contributed by atoms with Crippen LogP contribution in [0.3, 0.4) is 0 Å². The molecular weight excluding hydrogens is 368 g/mol. The van der Waals surface area contributed by atoms with Crippen LogP contribution in [0.5, 0.6) is 0 Å². The van der Waals surface area contributed by atoms with Crippen molar-refractivity contribution < 1.29 is 0 Å². The van der Waals surface area contributed by atoms with Crippen molar-refractivity contribution >= 4 is 43.2 Å². The predicted molar refractivity (Wildman–Crippen MR) is 76.2 cm³/mol. The van der Waals surface area contributed by atoms with Crippen molar-refractivity contribution in [3.05, 3.63) is 31.1 Å². The van der Waals surface area contributed by atoms with E-state index >= 15 is 0 Å². The zero-order valence-corrected chi connectivity index (χ0v) is 13.4. The van der Waals surface area contributed by atoms with Crippen molar-refractivity contribution in [1.82, 2.24) is 20.3 Å². The molecule has 0 radical (unpaired) electrons. The molecule has 4 nitrogen and oxygen atoms in total. The summed E-state index contributed by atoms with van der Waals surface area (Å²) in [6, 6.07) is 2.16. The highest BCUT2D eigenvalue weighted by Gasteiger charge is 2.23. The smallest absolute Gasteiger partial charge is 0.153 e. The van der Waals surface area contributed by atoms with Crippen molar-refractivity contribution in [1.29, 1.82) is 0 Å². The fourth-order valence-corrected chi connectivity index (χ4v) is 3.91. The second-order valence-electron chi connectivity index (χ2n) is 3.51. The van der Waals surface area contributed by atoms with E-state index < -0.39 is 0 Å². The lowest BCUT2D eigenvalue weighted by Gasteiger charge is -2.17. The number of hydrogen-bond acceptors (Lipinski definition) is 4. The first-order valence-corrected chi connectivity index (χ1v) is 7.63. The van der Waals surface area contributed by atoms with E-state index in [2.05, 4.69) is 65.9 Å². The maximum Gasteiger partial charge on any atom is 0.153 e. The molecule has 2 aromatic rings. The molecule has 0 bridgehead atoms. The predicted octanol–water partition coefficient (Wildman–Crippen LogP) is 3.10. The van der Waals surface area contributed by atoms with Crippen LogP contribution >= 0.6 is 43.2 Å². The summed E-state index contributed by atoms with van der Waals surface area (Å²) in [6.07, 6.45) is 0. The van der Waals surface area contributed by atoms with Crippen molar-refractivity contribution in [2.75, 3.05) is 6.54 Å². The molecule has 2 rings (SSSR count). The minimum absolute atomic E-state index is 0.101. The van der Waals surface area contributed by atoms with Gasteiger partial charge in [-0.1, -0.05) is 12.1 Å². The summed E-state index contributed by atoms with van der Waals surface area (Å²) in [7, 11) is 1.90. The Bertz CT molecular complexity index is 489. The number of aryl methyl sites for hydroxylation is 1. The van der Waals surface area contributed by atoms with Gasteiger partial charge in [0.25, 0.3) is 0 Å². The summed E-state index contributed by atoms with van der Waals surface area (Å²) in [5, 5.41) is 13.6. The van der Waals surface area contributed by atoms with Gasteiger partial charge in [0.2, 0.25) is 0 Å². The number of thiophene rings is 1. The Balaban J connectivity index is 2.46. The third kappa shape index (κ3) is 2.62. The molecule has 0 spiro atoms. The molecule has 0 aliphatic carbocycles. The summed E-state index contributed by atoms with van der Waals surface area (Å²) in [4.78, 5) is 1.23. The lowest BCUT2D eigenvalue weighted by molar-refractivity contribution is 0.572. The summed E-state index contributed by atoms with van der Waals surface area (Å²) >= 11 is 8.74. The lowest BCUT2D eigenvalue weighted by atomic mass is 10.2. The normalized spacial score (nSPS) is 12.9. The monoisotopic (exact) mass is 378 g/mol. The van der Waals surface area contributed by atoms with Crippen LogP contribution in [0.15, 0.2) is 20.5 Å². The number of nitrogens with zero attached hydrogens (tertiary/aromatic N) is 3. The molecule has 92 valence electrons. The summed E-state index contributed by atoms with van der Waals surface area (Å²) < 4.78 is 3.69. The number of hydrogen-bond donors (Lipinski definition) is 1. The molecule has 7 heteroatoms. The zero-order chi connectivity index (χ0) is 12.4. The highest BCUT2D eigenvalue weighted by molar-refractivity contribution is 9.10. The van der Waals surface area contributed by atoms with Gasteiger partial charge in [0.1, 0.15) is 0 Å². The van der Waals surface area contributed by atoms with E-state index in [-0.39, 0.29) is 6.04 Å². The number of rotatable bonds is 4. The minimum atomic E-state index is 0.101. The Kier molecular flexibility index (Phi) is 4.35. The molecule has 1 N–H and O–H groups in total. The van der Waals surface area contributed by atoms with Gasteiger partial charge in [-0.2, -0.15) is 0 Å². The van der Waals surface area contributed by atoms with Gasteiger partial charge in [0.15, 0.2) is 4.60 Å². The Hall–Kier alpha value is -0.240. The van der Waals surface area contributed by atoms with E-state index in [1.54, 1.807) is 16.0 Å². The van der Waals surface area contributed by atoms with E-state index in [4.69, 9.17) is 0 Å². The molecule has 2 heterocycles. The zero-order valence-electron chi connectivity index (χ0n) is 9.44. The molecule has 0 fully saturated rings. The third-order valence-electron chi connectivity index (χ3n) is 2.42. The highest BCUT2D eigenvalue weighted by Crippen LogP contribution is 2.34. The fraction of sp³-hybridized carbons (Fsp3) is 0.400. The first-order chi connectivity index (χ1) is 8.15. The highest BCUT2D eigenvalue weighted by atomic mass is 79.9. The first-order valence-electron chi connectivity index (χ1n) is 5.16. The van der Waals surface area contributed by atoms with Crippen LogP contribution in [0.2, 0.25) is 0 Å². The molecule has 2 aromatic heterocycles. The second kappa shape index (κ2) is 5.60. The number of halogens is 2. The maximum absolute atomic E-state index is 4.04. The van der Waals surface area contributed by atoms with Crippen LogP contribution in [-0.2, 0) is 7.05 Å². The second-order valence-corrected chi connectivity index (χ2v) is 6.07. The summed E-state index contributed by atoms with van der Waals surface area (Å²) in [6.45, 7) is 2.97. The van der Waals surface area contributed by atoms with Crippen LogP contribution in [0.1, 0.15) is 23.5 Å². The van der Waals surface area contributed by atoms with Crippen molar-refractivity contribution in [2.45, 2.75) is 13.0 Å². The van der Waals surface area contributed by atoms with Crippen LogP contribution in [0, 0.1) is 0 Å². The maximum atomic E-state index is 4.04. The standard InChI is InChI=1S/C10H12Br2N4S/c1-3-13-7(9-6(11)4-5-17-9)8-10(12)14-15-16(8)2/h4-5,7,13H,3H2,1-2H3. The molecule has 0 aliphatic heterocycles. The molecule has 1 unspecified atom stereocenters. The molecule has 0 saturated heterocycles. The van der Waals surface area contributed by atoms with Crippen LogP contribution in [-0.4, -0.2) is 21.5 Å². The topological polar surface area (TPSA) is 42.7 Å². The van der Waals surface area contributed by atoms with Crippen molar-refractivity contribution in [3.8, 4) is 0 Å². The minimum Gasteiger partial charge on any atom is -0.304 e. The molecular formula is C10H12Br2N4S. The van der Waals surface area contributed by atoms with E-state index in [0.717, 1.165) is 21.3 Å². The Morgan fingerprint density at radius 2 is 2.29 bits per heavy atom. The van der Waals surface area contributed by atoms with Gasteiger partial charge in [0, 0.05) is 16.4 Å². The summed E-state index contributed by atoms with van der Waals surface area (Å²) in [5.74, 6) is 0. The van der Waals surface area contributed by atoms with E-state index in [0.29, 0.717) is 0 Å². The first kappa shape index (κ1) is 13.2. The van der Waals surface area contributed by atoms with Crippen LogP contribution < -0.4 is 5.32 Å². The Morgan fingerprint density at radius 3 is 2.76 bits per heavy atom. The quantitative estimate of drug-likeness (QED) is 0.887. The van der Waals surface area contributed by atoms with Gasteiger partial charge >= 0.3 is 0 Å². The molecule has 0 saturated carbocycles. The van der Waals surface area contributed by atoms with Gasteiger partial charge < -0.3 is 5.32 Å². The molecule has 17 heavy (non-hydrogen) atoms. The van der Waals surface area contributed by atoms with Gasteiger partial charge in [-0.25, -0.2) is 4.68 Å². The average Bonchev–Trinajstić information content (AvgIpc) is 2.84. The van der Waals surface area contributed by atoms with Crippen LogP contribution in [0.4, 0.5) is 0 Å². The van der Waals surface area contributed by atoms with Gasteiger partial charge in [-0.3, -0.25) is 0 Å².